The van der Waals surface area contributed by atoms with Gasteiger partial charge >= 0.3 is 0 Å². The molecule has 0 atom stereocenters. The fourth-order valence-electron chi connectivity index (χ4n) is 1.83. The van der Waals surface area contributed by atoms with Crippen molar-refractivity contribution in [2.24, 2.45) is 0 Å². The molecule has 2 heterocycles. The Bertz CT molecular complexity index is 301. The first kappa shape index (κ1) is 11.3. The molecule has 0 saturated carbocycles. The highest BCUT2D eigenvalue weighted by Crippen LogP contribution is 2.22. The van der Waals surface area contributed by atoms with Gasteiger partial charge in [0.2, 0.25) is 5.76 Å². The molecule has 5 nitrogen and oxygen atoms in total. The van der Waals surface area contributed by atoms with Crippen LogP contribution in [0.25, 0.3) is 0 Å². The number of hydrogen-bond donors (Lipinski definition) is 1. The van der Waals surface area contributed by atoms with Crippen molar-refractivity contribution in [3.63, 3.8) is 0 Å². The lowest BCUT2D eigenvalue weighted by Gasteiger charge is -2.36. The summed E-state index contributed by atoms with van der Waals surface area (Å²) < 4.78 is 10.3. The predicted octanol–water partition coefficient (Wildman–Crippen LogP) is 0.248. The molecule has 0 bridgehead atoms. The number of ether oxygens (including phenoxy) is 2. The first-order chi connectivity index (χ1) is 7.58. The molecule has 0 aromatic carbocycles. The minimum absolute atomic E-state index is 0.143. The smallest absolute Gasteiger partial charge is 0.292 e. The van der Waals surface area contributed by atoms with Gasteiger partial charge in [-0.15, -0.1) is 0 Å². The largest absolute Gasteiger partial charge is 0.494 e. The highest BCUT2D eigenvalue weighted by molar-refractivity contribution is 5.91. The van der Waals surface area contributed by atoms with Gasteiger partial charge in [0.05, 0.1) is 5.60 Å². The zero-order valence-electron chi connectivity index (χ0n) is 9.44. The summed E-state index contributed by atoms with van der Waals surface area (Å²) in [6, 6.07) is 0. The number of likely N-dealkylation sites (tertiary alicyclic amines) is 1. The molecular weight excluding hydrogens is 210 g/mol. The molecule has 1 amide bonds. The van der Waals surface area contributed by atoms with Crippen molar-refractivity contribution in [2.45, 2.75) is 25.4 Å². The lowest BCUT2D eigenvalue weighted by molar-refractivity contribution is -0.135. The predicted molar refractivity (Wildman–Crippen MR) is 56.4 cm³/mol. The van der Waals surface area contributed by atoms with Gasteiger partial charge in [0.15, 0.2) is 0 Å². The van der Waals surface area contributed by atoms with E-state index in [2.05, 4.69) is 0 Å². The fraction of sp³-hybridized carbons (Fsp3) is 0.727. The van der Waals surface area contributed by atoms with Gasteiger partial charge in [-0.25, -0.2) is 0 Å². The molecule has 1 saturated heterocycles. The van der Waals surface area contributed by atoms with Crippen LogP contribution in [-0.4, -0.2) is 47.8 Å². The first-order valence-electron chi connectivity index (χ1n) is 5.55. The second kappa shape index (κ2) is 4.33. The summed E-state index contributed by atoms with van der Waals surface area (Å²) in [6.45, 7) is 3.84. The summed E-state index contributed by atoms with van der Waals surface area (Å²) in [5.41, 5.74) is -0.644. The quantitative estimate of drug-likeness (QED) is 0.697. The maximum atomic E-state index is 11.9. The normalized spacial score (nSPS) is 24.1. The monoisotopic (exact) mass is 227 g/mol. The van der Waals surface area contributed by atoms with E-state index in [1.165, 1.54) is 6.26 Å². The van der Waals surface area contributed by atoms with E-state index >= 15 is 0 Å². The lowest BCUT2D eigenvalue weighted by Crippen LogP contribution is -2.46. The van der Waals surface area contributed by atoms with Crippen LogP contribution in [0.4, 0.5) is 0 Å². The second-order valence-electron chi connectivity index (χ2n) is 4.49. The summed E-state index contributed by atoms with van der Waals surface area (Å²) in [5, 5.41) is 9.78. The van der Waals surface area contributed by atoms with Crippen molar-refractivity contribution >= 4 is 5.91 Å². The molecule has 5 heteroatoms. The van der Waals surface area contributed by atoms with Gasteiger partial charge in [-0.05, 0) is 19.8 Å². The van der Waals surface area contributed by atoms with Crippen molar-refractivity contribution in [1.29, 1.82) is 0 Å². The molecule has 0 unspecified atom stereocenters. The van der Waals surface area contributed by atoms with Gasteiger partial charge < -0.3 is 19.5 Å². The van der Waals surface area contributed by atoms with Crippen LogP contribution >= 0.6 is 0 Å². The molecule has 2 aliphatic heterocycles. The van der Waals surface area contributed by atoms with Crippen LogP contribution in [0.15, 0.2) is 12.0 Å². The Morgan fingerprint density at radius 3 is 2.69 bits per heavy atom. The average molecular weight is 227 g/mol. The maximum absolute atomic E-state index is 11.9. The zero-order valence-corrected chi connectivity index (χ0v) is 9.44. The van der Waals surface area contributed by atoms with E-state index in [1.807, 2.05) is 0 Å². The number of carbonyl (C=O) groups excluding carboxylic acids is 1. The van der Waals surface area contributed by atoms with Gasteiger partial charge in [0.25, 0.3) is 5.91 Å². The van der Waals surface area contributed by atoms with Gasteiger partial charge in [0, 0.05) is 13.1 Å². The SMILES string of the molecule is CC1(O)CCN(C(=O)C2=COCCO2)CC1. The Morgan fingerprint density at radius 2 is 2.12 bits per heavy atom. The fourth-order valence-corrected chi connectivity index (χ4v) is 1.83. The number of amides is 1. The van der Waals surface area contributed by atoms with Crippen LogP contribution in [-0.2, 0) is 14.3 Å². The molecule has 2 aliphatic rings. The molecule has 16 heavy (non-hydrogen) atoms. The Morgan fingerprint density at radius 1 is 1.44 bits per heavy atom. The number of hydrogen-bond acceptors (Lipinski definition) is 4. The van der Waals surface area contributed by atoms with Crippen molar-refractivity contribution in [2.75, 3.05) is 26.3 Å². The van der Waals surface area contributed by atoms with Crippen molar-refractivity contribution in [3.05, 3.63) is 12.0 Å². The minimum atomic E-state index is -0.644. The van der Waals surface area contributed by atoms with E-state index in [0.29, 0.717) is 39.1 Å². The van der Waals surface area contributed by atoms with E-state index in [0.717, 1.165) is 0 Å². The Labute approximate surface area is 94.6 Å². The van der Waals surface area contributed by atoms with Crippen molar-refractivity contribution in [3.8, 4) is 0 Å². The van der Waals surface area contributed by atoms with Crippen LogP contribution in [0.1, 0.15) is 19.8 Å². The Kier molecular flexibility index (Phi) is 3.05. The highest BCUT2D eigenvalue weighted by atomic mass is 16.6. The third kappa shape index (κ3) is 2.47. The molecule has 2 rings (SSSR count). The first-order valence-corrected chi connectivity index (χ1v) is 5.55. The summed E-state index contributed by atoms with van der Waals surface area (Å²) >= 11 is 0. The Hall–Kier alpha value is -1.23. The van der Waals surface area contributed by atoms with E-state index in [4.69, 9.17) is 9.47 Å². The van der Waals surface area contributed by atoms with E-state index in [9.17, 15) is 9.90 Å². The van der Waals surface area contributed by atoms with Gasteiger partial charge in [-0.2, -0.15) is 0 Å². The number of aliphatic hydroxyl groups is 1. The molecule has 1 fully saturated rings. The average Bonchev–Trinajstić information content (AvgIpc) is 2.29. The molecular formula is C11H17NO4. The standard InChI is InChI=1S/C11H17NO4/c1-11(14)2-4-12(5-3-11)10(13)9-8-15-6-7-16-9/h8,14H,2-7H2,1H3. The molecule has 0 aromatic rings. The number of nitrogens with zero attached hydrogens (tertiary/aromatic N) is 1. The van der Waals surface area contributed by atoms with Crippen molar-refractivity contribution < 1.29 is 19.4 Å². The number of piperidine rings is 1. The molecule has 0 spiro atoms. The molecule has 90 valence electrons. The maximum Gasteiger partial charge on any atom is 0.292 e. The molecule has 0 aliphatic carbocycles. The topological polar surface area (TPSA) is 59.0 Å². The van der Waals surface area contributed by atoms with Gasteiger partial charge in [0.1, 0.15) is 19.5 Å². The van der Waals surface area contributed by atoms with E-state index < -0.39 is 5.60 Å². The van der Waals surface area contributed by atoms with Crippen molar-refractivity contribution in [1.82, 2.24) is 4.90 Å². The van der Waals surface area contributed by atoms with Crippen LogP contribution in [0.3, 0.4) is 0 Å². The van der Waals surface area contributed by atoms with E-state index in [-0.39, 0.29) is 11.7 Å². The van der Waals surface area contributed by atoms with Crippen LogP contribution in [0.2, 0.25) is 0 Å². The summed E-state index contributed by atoms with van der Waals surface area (Å²) in [5.74, 6) is 0.128. The number of rotatable bonds is 1. The van der Waals surface area contributed by atoms with E-state index in [1.54, 1.807) is 11.8 Å². The van der Waals surface area contributed by atoms with Gasteiger partial charge in [-0.1, -0.05) is 0 Å². The zero-order chi connectivity index (χ0) is 11.6. The highest BCUT2D eigenvalue weighted by Gasteiger charge is 2.31. The van der Waals surface area contributed by atoms with Crippen LogP contribution in [0, 0.1) is 0 Å². The number of carbonyl (C=O) groups is 1. The molecule has 0 aromatic heterocycles. The summed E-state index contributed by atoms with van der Waals surface area (Å²) in [6.07, 6.45) is 2.58. The minimum Gasteiger partial charge on any atom is -0.494 e. The third-order valence-corrected chi connectivity index (χ3v) is 2.99. The molecule has 1 N–H and O–H groups in total. The van der Waals surface area contributed by atoms with Crippen LogP contribution < -0.4 is 0 Å². The summed E-state index contributed by atoms with van der Waals surface area (Å²) in [7, 11) is 0. The third-order valence-electron chi connectivity index (χ3n) is 2.99. The Balaban J connectivity index is 1.93. The second-order valence-corrected chi connectivity index (χ2v) is 4.49. The van der Waals surface area contributed by atoms with Crippen LogP contribution in [0.5, 0.6) is 0 Å². The van der Waals surface area contributed by atoms with Gasteiger partial charge in [-0.3, -0.25) is 4.79 Å². The summed E-state index contributed by atoms with van der Waals surface area (Å²) in [4.78, 5) is 13.6. The molecule has 0 radical (unpaired) electrons. The lowest BCUT2D eigenvalue weighted by atomic mass is 9.94.